The maximum Gasteiger partial charge on any atom is 0.254 e. The van der Waals surface area contributed by atoms with Crippen molar-refractivity contribution in [2.75, 3.05) is 30.4 Å². The zero-order valence-corrected chi connectivity index (χ0v) is 20.6. The molecular formula is C25H25ClN6OS. The Hall–Kier alpha value is -3.10. The molecule has 9 heteroatoms. The topological polar surface area (TPSA) is 86.8 Å². The van der Waals surface area contributed by atoms with Gasteiger partial charge >= 0.3 is 0 Å². The summed E-state index contributed by atoms with van der Waals surface area (Å²) in [6.45, 7) is 3.25. The van der Waals surface area contributed by atoms with Crippen LogP contribution in [0, 0.1) is 6.92 Å². The van der Waals surface area contributed by atoms with Gasteiger partial charge in [-0.1, -0.05) is 23.8 Å². The summed E-state index contributed by atoms with van der Waals surface area (Å²) in [5.41, 5.74) is 4.09. The summed E-state index contributed by atoms with van der Waals surface area (Å²) >= 11 is 7.95. The molecule has 174 valence electrons. The smallest absolute Gasteiger partial charge is 0.254 e. The van der Waals surface area contributed by atoms with Crippen LogP contribution in [0.1, 0.15) is 34.2 Å². The highest BCUT2D eigenvalue weighted by Gasteiger charge is 2.21. The van der Waals surface area contributed by atoms with Gasteiger partial charge in [0.1, 0.15) is 18.0 Å². The van der Waals surface area contributed by atoms with E-state index >= 15 is 0 Å². The lowest BCUT2D eigenvalue weighted by molar-refractivity contribution is 0.0799. The molecule has 0 saturated carbocycles. The minimum Gasteiger partial charge on any atom is -0.359 e. The van der Waals surface area contributed by atoms with Gasteiger partial charge in [0.2, 0.25) is 0 Å². The Bertz CT molecular complexity index is 1390. The minimum atomic E-state index is -0.0750. The van der Waals surface area contributed by atoms with Gasteiger partial charge in [0, 0.05) is 29.1 Å². The number of H-pyrrole nitrogens is 1. The number of anilines is 1. The molecule has 2 aromatic carbocycles. The molecule has 0 fully saturated rings. The molecule has 1 aliphatic heterocycles. The zero-order chi connectivity index (χ0) is 23.7. The van der Waals surface area contributed by atoms with Gasteiger partial charge in [-0.05, 0) is 61.2 Å². The summed E-state index contributed by atoms with van der Waals surface area (Å²) in [6.07, 6.45) is 8.51. The second kappa shape index (κ2) is 9.64. The van der Waals surface area contributed by atoms with Crippen LogP contribution in [0.2, 0.25) is 5.02 Å². The Morgan fingerprint density at radius 3 is 2.82 bits per heavy atom. The summed E-state index contributed by atoms with van der Waals surface area (Å²) in [7, 11) is 0. The second-order valence-corrected chi connectivity index (χ2v) is 9.77. The molecule has 0 aliphatic carbocycles. The summed E-state index contributed by atoms with van der Waals surface area (Å²) in [5.74, 6) is 2.54. The van der Waals surface area contributed by atoms with Crippen LogP contribution >= 0.6 is 23.4 Å². The summed E-state index contributed by atoms with van der Waals surface area (Å²) in [4.78, 5) is 32.0. The number of carbonyl (C=O) groups excluding carboxylic acids is 1. The number of benzene rings is 2. The number of aryl methyl sites for hydroxylation is 1. The number of hydrogen-bond acceptors (Lipinski definition) is 6. The lowest BCUT2D eigenvalue weighted by atomic mass is 10.0. The largest absolute Gasteiger partial charge is 0.359 e. The number of fused-ring (bicyclic) bond motifs is 2. The Morgan fingerprint density at radius 2 is 2.03 bits per heavy atom. The Labute approximate surface area is 207 Å². The highest BCUT2D eigenvalue weighted by atomic mass is 35.5. The molecule has 5 rings (SSSR count). The predicted molar refractivity (Wildman–Crippen MR) is 140 cm³/mol. The van der Waals surface area contributed by atoms with E-state index in [0.717, 1.165) is 51.3 Å². The van der Waals surface area contributed by atoms with Crippen molar-refractivity contribution in [2.24, 2.45) is 0 Å². The summed E-state index contributed by atoms with van der Waals surface area (Å²) < 4.78 is 0. The fourth-order valence-corrected chi connectivity index (χ4v) is 4.86. The van der Waals surface area contributed by atoms with Gasteiger partial charge in [-0.3, -0.25) is 4.79 Å². The molecule has 1 atom stereocenters. The standard InChI is InChI=1S/C25H25ClN6OS/c1-15-11-18-21(13-17(15)25(33)32-8-3-4-9-32)27-14-28-23(18)30-20(7-10-34-2)24-29-19-6-5-16(26)12-22(19)31-24/h3-6,11-14,20H,7-10H2,1-2H3,(H,29,31)(H,27,28,30)/t20-/m0/s1. The van der Waals surface area contributed by atoms with Crippen molar-refractivity contribution >= 4 is 57.0 Å². The van der Waals surface area contributed by atoms with Crippen LogP contribution in [-0.2, 0) is 0 Å². The fraction of sp³-hybridized carbons (Fsp3) is 0.280. The summed E-state index contributed by atoms with van der Waals surface area (Å²) in [5, 5.41) is 5.13. The van der Waals surface area contributed by atoms with E-state index in [4.69, 9.17) is 16.6 Å². The average Bonchev–Trinajstić information content (AvgIpc) is 3.51. The first kappa shape index (κ1) is 22.7. The Balaban J connectivity index is 1.49. The lowest BCUT2D eigenvalue weighted by Gasteiger charge is -2.20. The quantitative estimate of drug-likeness (QED) is 0.336. The number of carbonyl (C=O) groups is 1. The van der Waals surface area contributed by atoms with Gasteiger partial charge < -0.3 is 15.2 Å². The SMILES string of the molecule is CSCC[C@H](Nc1ncnc2cc(C(=O)N3CC=CC3)c(C)cc12)c1nc2ccc(Cl)cc2[nH]1. The number of amides is 1. The zero-order valence-electron chi connectivity index (χ0n) is 19.0. The number of nitrogens with one attached hydrogen (secondary N) is 2. The molecule has 4 aromatic rings. The van der Waals surface area contributed by atoms with Crippen LogP contribution in [-0.4, -0.2) is 55.8 Å². The first-order valence-corrected chi connectivity index (χ1v) is 12.9. The van der Waals surface area contributed by atoms with Gasteiger partial charge in [0.15, 0.2) is 0 Å². The van der Waals surface area contributed by atoms with Crippen molar-refractivity contribution in [3.05, 3.63) is 70.8 Å². The van der Waals surface area contributed by atoms with Crippen molar-refractivity contribution in [3.8, 4) is 0 Å². The van der Waals surface area contributed by atoms with Crippen molar-refractivity contribution in [2.45, 2.75) is 19.4 Å². The van der Waals surface area contributed by atoms with Crippen molar-refractivity contribution in [1.82, 2.24) is 24.8 Å². The van der Waals surface area contributed by atoms with E-state index in [1.165, 1.54) is 6.33 Å². The van der Waals surface area contributed by atoms with Gasteiger partial charge in [0.05, 0.1) is 22.6 Å². The number of aromatic nitrogens is 4. The van der Waals surface area contributed by atoms with E-state index in [2.05, 4.69) is 26.5 Å². The highest BCUT2D eigenvalue weighted by molar-refractivity contribution is 7.98. The maximum absolute atomic E-state index is 13.0. The average molecular weight is 493 g/mol. The molecule has 2 aromatic heterocycles. The third-order valence-electron chi connectivity index (χ3n) is 6.03. The van der Waals surface area contributed by atoms with E-state index in [1.807, 2.05) is 54.3 Å². The predicted octanol–water partition coefficient (Wildman–Crippen LogP) is 5.39. The molecule has 34 heavy (non-hydrogen) atoms. The number of nitrogens with zero attached hydrogens (tertiary/aromatic N) is 4. The normalized spacial score (nSPS) is 14.3. The van der Waals surface area contributed by atoms with E-state index in [-0.39, 0.29) is 11.9 Å². The third-order valence-corrected chi connectivity index (χ3v) is 6.91. The molecule has 1 amide bonds. The van der Waals surface area contributed by atoms with Crippen LogP contribution in [0.25, 0.3) is 21.9 Å². The van der Waals surface area contributed by atoms with Crippen molar-refractivity contribution in [1.29, 1.82) is 0 Å². The van der Waals surface area contributed by atoms with E-state index in [0.29, 0.717) is 23.7 Å². The summed E-state index contributed by atoms with van der Waals surface area (Å²) in [6, 6.07) is 9.44. The van der Waals surface area contributed by atoms with Gasteiger partial charge in [-0.25, -0.2) is 15.0 Å². The fourth-order valence-electron chi connectivity index (χ4n) is 4.22. The molecule has 0 radical (unpaired) electrons. The van der Waals surface area contributed by atoms with Crippen LogP contribution < -0.4 is 5.32 Å². The Morgan fingerprint density at radius 1 is 1.21 bits per heavy atom. The molecule has 2 N–H and O–H groups in total. The van der Waals surface area contributed by atoms with Crippen LogP contribution in [0.15, 0.2) is 48.8 Å². The third kappa shape index (κ3) is 4.48. The molecule has 0 spiro atoms. The number of aromatic amines is 1. The van der Waals surface area contributed by atoms with Gasteiger partial charge in [0.25, 0.3) is 5.91 Å². The van der Waals surface area contributed by atoms with E-state index in [1.54, 1.807) is 11.8 Å². The van der Waals surface area contributed by atoms with Crippen LogP contribution in [0.5, 0.6) is 0 Å². The lowest BCUT2D eigenvalue weighted by Crippen LogP contribution is -2.28. The van der Waals surface area contributed by atoms with Crippen LogP contribution in [0.3, 0.4) is 0 Å². The number of halogens is 1. The molecule has 3 heterocycles. The van der Waals surface area contributed by atoms with Gasteiger partial charge in [-0.2, -0.15) is 11.8 Å². The monoisotopic (exact) mass is 492 g/mol. The molecule has 1 aliphatic rings. The molecule has 0 unspecified atom stereocenters. The van der Waals surface area contributed by atoms with Crippen LogP contribution in [0.4, 0.5) is 5.82 Å². The molecular weight excluding hydrogens is 468 g/mol. The molecule has 7 nitrogen and oxygen atoms in total. The van der Waals surface area contributed by atoms with Crippen molar-refractivity contribution in [3.63, 3.8) is 0 Å². The first-order valence-electron chi connectivity index (χ1n) is 11.1. The first-order chi connectivity index (χ1) is 16.5. The highest BCUT2D eigenvalue weighted by Crippen LogP contribution is 2.30. The number of hydrogen-bond donors (Lipinski definition) is 2. The van der Waals surface area contributed by atoms with E-state index in [9.17, 15) is 4.79 Å². The number of rotatable bonds is 7. The number of imidazole rings is 1. The van der Waals surface area contributed by atoms with E-state index < -0.39 is 0 Å². The Kier molecular flexibility index (Phi) is 6.43. The number of thioether (sulfide) groups is 1. The van der Waals surface area contributed by atoms with Crippen molar-refractivity contribution < 1.29 is 4.79 Å². The second-order valence-electron chi connectivity index (χ2n) is 8.35. The minimum absolute atomic E-state index is 0.0244. The van der Waals surface area contributed by atoms with Gasteiger partial charge in [-0.15, -0.1) is 0 Å². The maximum atomic E-state index is 13.0. The molecule has 0 bridgehead atoms. The molecule has 0 saturated heterocycles.